The van der Waals surface area contributed by atoms with Crippen molar-refractivity contribution in [2.24, 2.45) is 0 Å². The molecule has 0 nitrogen and oxygen atoms in total. The van der Waals surface area contributed by atoms with Gasteiger partial charge in [-0.2, -0.15) is 13.2 Å². The van der Waals surface area contributed by atoms with Crippen LogP contribution in [0.3, 0.4) is 0 Å². The van der Waals surface area contributed by atoms with Crippen LogP contribution in [0, 0.1) is 9.64 Å². The molecule has 0 aromatic heterocycles. The molecule has 1 aromatic rings. The molecule has 0 bridgehead atoms. The SMILES string of the molecule is FC(F)(F)c1c[c]cc(I)c1. The van der Waals surface area contributed by atoms with Gasteiger partial charge in [-0.15, -0.1) is 0 Å². The molecule has 1 rings (SSSR count). The summed E-state index contributed by atoms with van der Waals surface area (Å²) >= 11 is 1.81. The highest BCUT2D eigenvalue weighted by Gasteiger charge is 2.30. The van der Waals surface area contributed by atoms with Gasteiger partial charge in [-0.25, -0.2) is 0 Å². The lowest BCUT2D eigenvalue weighted by molar-refractivity contribution is -0.137. The third kappa shape index (κ3) is 2.36. The average molecular weight is 271 g/mol. The lowest BCUT2D eigenvalue weighted by atomic mass is 10.2. The molecule has 4 heteroatoms. The molecule has 0 aliphatic rings. The van der Waals surface area contributed by atoms with Gasteiger partial charge in [0.15, 0.2) is 0 Å². The zero-order chi connectivity index (χ0) is 8.48. The molecule has 59 valence electrons. The maximum Gasteiger partial charge on any atom is 0.416 e. The smallest absolute Gasteiger partial charge is 0.166 e. The predicted octanol–water partition coefficient (Wildman–Crippen LogP) is 3.11. The van der Waals surface area contributed by atoms with Crippen LogP contribution >= 0.6 is 22.6 Å². The lowest BCUT2D eigenvalue weighted by Gasteiger charge is -2.05. The Kier molecular flexibility index (Phi) is 2.41. The summed E-state index contributed by atoms with van der Waals surface area (Å²) in [6.07, 6.45) is -4.25. The van der Waals surface area contributed by atoms with Crippen LogP contribution in [0.1, 0.15) is 5.56 Å². The molecule has 0 saturated heterocycles. The minimum absolute atomic E-state index is 0.539. The highest BCUT2D eigenvalue weighted by molar-refractivity contribution is 14.1. The van der Waals surface area contributed by atoms with Gasteiger partial charge in [0.05, 0.1) is 5.56 Å². The Hall–Kier alpha value is -0.260. The molecule has 0 N–H and O–H groups in total. The molecule has 0 saturated carbocycles. The first-order valence-corrected chi connectivity index (χ1v) is 3.82. The number of benzene rings is 1. The van der Waals surface area contributed by atoms with Gasteiger partial charge < -0.3 is 0 Å². The fraction of sp³-hybridized carbons (Fsp3) is 0.143. The molecule has 1 aromatic carbocycles. The Labute approximate surface area is 75.6 Å². The van der Waals surface area contributed by atoms with E-state index in [1.54, 1.807) is 0 Å². The number of alkyl halides is 3. The van der Waals surface area contributed by atoms with Crippen LogP contribution in [-0.2, 0) is 6.18 Å². The molecule has 0 aliphatic carbocycles. The molecule has 0 spiro atoms. The maximum absolute atomic E-state index is 11.9. The van der Waals surface area contributed by atoms with Crippen molar-refractivity contribution in [3.05, 3.63) is 33.4 Å². The first kappa shape index (κ1) is 8.83. The van der Waals surface area contributed by atoms with Crippen molar-refractivity contribution in [1.29, 1.82) is 0 Å². The predicted molar refractivity (Wildman–Crippen MR) is 43.0 cm³/mol. The van der Waals surface area contributed by atoms with Gasteiger partial charge >= 0.3 is 6.18 Å². The van der Waals surface area contributed by atoms with Crippen LogP contribution in [0.4, 0.5) is 13.2 Å². The fourth-order valence-corrected chi connectivity index (χ4v) is 1.12. The van der Waals surface area contributed by atoms with Crippen molar-refractivity contribution >= 4 is 22.6 Å². The summed E-state index contributed by atoms with van der Waals surface area (Å²) in [7, 11) is 0. The molecular formula is C7H3F3I. The monoisotopic (exact) mass is 271 g/mol. The van der Waals surface area contributed by atoms with Crippen molar-refractivity contribution in [3.8, 4) is 0 Å². The van der Waals surface area contributed by atoms with Crippen LogP contribution in [0.15, 0.2) is 18.2 Å². The van der Waals surface area contributed by atoms with E-state index in [1.165, 1.54) is 6.07 Å². The number of hydrogen-bond donors (Lipinski definition) is 0. The van der Waals surface area contributed by atoms with E-state index in [0.717, 1.165) is 12.1 Å². The van der Waals surface area contributed by atoms with Crippen molar-refractivity contribution in [2.75, 3.05) is 0 Å². The highest BCUT2D eigenvalue weighted by Crippen LogP contribution is 2.29. The van der Waals surface area contributed by atoms with Crippen LogP contribution in [0.25, 0.3) is 0 Å². The van der Waals surface area contributed by atoms with Gasteiger partial charge in [0, 0.05) is 3.57 Å². The Morgan fingerprint density at radius 2 is 1.91 bits per heavy atom. The molecule has 0 amide bonds. The largest absolute Gasteiger partial charge is 0.416 e. The summed E-state index contributed by atoms with van der Waals surface area (Å²) < 4.78 is 36.4. The van der Waals surface area contributed by atoms with E-state index in [4.69, 9.17) is 0 Å². The second-order valence-electron chi connectivity index (χ2n) is 1.94. The van der Waals surface area contributed by atoms with Crippen molar-refractivity contribution < 1.29 is 13.2 Å². The number of halogens is 4. The standard InChI is InChI=1S/C7H3F3I/c8-7(9,10)5-2-1-3-6(11)4-5/h2-4H. The lowest BCUT2D eigenvalue weighted by Crippen LogP contribution is -2.04. The second kappa shape index (κ2) is 3.00. The molecule has 0 aliphatic heterocycles. The number of hydrogen-bond acceptors (Lipinski definition) is 0. The van der Waals surface area contributed by atoms with Gasteiger partial charge in [0.1, 0.15) is 0 Å². The zero-order valence-corrected chi connectivity index (χ0v) is 7.40. The Balaban J connectivity index is 3.06. The summed E-state index contributed by atoms with van der Waals surface area (Å²) in [6, 6.07) is 5.92. The van der Waals surface area contributed by atoms with Crippen LogP contribution in [0.5, 0.6) is 0 Å². The van der Waals surface area contributed by atoms with Gasteiger partial charge in [0.25, 0.3) is 0 Å². The summed E-state index contributed by atoms with van der Waals surface area (Å²) in [6.45, 7) is 0. The molecule has 1 radical (unpaired) electrons. The maximum atomic E-state index is 11.9. The Morgan fingerprint density at radius 3 is 2.27 bits per heavy atom. The van der Waals surface area contributed by atoms with Crippen molar-refractivity contribution in [1.82, 2.24) is 0 Å². The summed E-state index contributed by atoms with van der Waals surface area (Å²) in [4.78, 5) is 0. The first-order chi connectivity index (χ1) is 5.00. The first-order valence-electron chi connectivity index (χ1n) is 2.74. The normalized spacial score (nSPS) is 11.6. The Bertz CT molecular complexity index is 254. The van der Waals surface area contributed by atoms with Crippen molar-refractivity contribution in [2.45, 2.75) is 6.18 Å². The minimum Gasteiger partial charge on any atom is -0.166 e. The molecule has 0 fully saturated rings. The van der Waals surface area contributed by atoms with Gasteiger partial charge in [-0.3, -0.25) is 0 Å². The van der Waals surface area contributed by atoms with Crippen LogP contribution in [0.2, 0.25) is 0 Å². The fourth-order valence-electron chi connectivity index (χ4n) is 0.607. The van der Waals surface area contributed by atoms with E-state index in [2.05, 4.69) is 6.07 Å². The van der Waals surface area contributed by atoms with Crippen LogP contribution < -0.4 is 0 Å². The topological polar surface area (TPSA) is 0 Å². The van der Waals surface area contributed by atoms with Gasteiger partial charge in [0.2, 0.25) is 0 Å². The molecular weight excluding hydrogens is 268 g/mol. The minimum atomic E-state index is -4.25. The zero-order valence-electron chi connectivity index (χ0n) is 5.24. The molecule has 0 atom stereocenters. The van der Waals surface area contributed by atoms with E-state index in [9.17, 15) is 13.2 Å². The molecule has 11 heavy (non-hydrogen) atoms. The van der Waals surface area contributed by atoms with E-state index in [1.807, 2.05) is 22.6 Å². The second-order valence-corrected chi connectivity index (χ2v) is 3.18. The summed E-state index contributed by atoms with van der Waals surface area (Å²) in [5.41, 5.74) is -0.649. The van der Waals surface area contributed by atoms with Crippen LogP contribution in [-0.4, -0.2) is 0 Å². The molecule has 0 unspecified atom stereocenters. The van der Waals surface area contributed by atoms with E-state index in [-0.39, 0.29) is 0 Å². The van der Waals surface area contributed by atoms with Gasteiger partial charge in [-0.1, -0.05) is 0 Å². The Morgan fingerprint density at radius 1 is 1.27 bits per heavy atom. The van der Waals surface area contributed by atoms with Gasteiger partial charge in [-0.05, 0) is 46.9 Å². The van der Waals surface area contributed by atoms with E-state index < -0.39 is 11.7 Å². The average Bonchev–Trinajstić information content (AvgIpc) is 1.86. The van der Waals surface area contributed by atoms with E-state index >= 15 is 0 Å². The third-order valence-corrected chi connectivity index (χ3v) is 1.70. The number of rotatable bonds is 0. The highest BCUT2D eigenvalue weighted by atomic mass is 127. The quantitative estimate of drug-likeness (QED) is 0.636. The van der Waals surface area contributed by atoms with Crippen molar-refractivity contribution in [3.63, 3.8) is 0 Å². The summed E-state index contributed by atoms with van der Waals surface area (Å²) in [5, 5.41) is 0. The molecule has 0 heterocycles. The third-order valence-electron chi connectivity index (χ3n) is 1.08. The van der Waals surface area contributed by atoms with E-state index in [0.29, 0.717) is 3.57 Å². The summed E-state index contributed by atoms with van der Waals surface area (Å²) in [5.74, 6) is 0.